The number of nitrogens with one attached hydrogen (secondary N) is 1. The summed E-state index contributed by atoms with van der Waals surface area (Å²) in [6.45, 7) is 0. The van der Waals surface area contributed by atoms with Gasteiger partial charge < -0.3 is 10.1 Å². The van der Waals surface area contributed by atoms with Crippen LogP contribution in [0.15, 0.2) is 36.0 Å². The zero-order chi connectivity index (χ0) is 15.3. The second-order valence-corrected chi connectivity index (χ2v) is 3.51. The summed E-state index contributed by atoms with van der Waals surface area (Å²) >= 11 is 0. The molecule has 0 amide bonds. The van der Waals surface area contributed by atoms with Gasteiger partial charge in [-0.3, -0.25) is 10.1 Å². The van der Waals surface area contributed by atoms with Crippen LogP contribution in [0, 0.1) is 10.1 Å². The Morgan fingerprint density at radius 3 is 2.30 bits per heavy atom. The number of benzene rings is 1. The minimum Gasteiger partial charge on any atom is -0.466 e. The van der Waals surface area contributed by atoms with Crippen molar-refractivity contribution in [1.29, 1.82) is 0 Å². The van der Waals surface area contributed by atoms with Crippen LogP contribution >= 0.6 is 0 Å². The quantitative estimate of drug-likeness (QED) is 0.399. The number of hydrogen-bond donors (Lipinski definition) is 1. The highest BCUT2D eigenvalue weighted by molar-refractivity contribution is 5.83. The van der Waals surface area contributed by atoms with E-state index < -0.39 is 22.8 Å². The third kappa shape index (κ3) is 4.26. The van der Waals surface area contributed by atoms with Crippen LogP contribution in [0.2, 0.25) is 0 Å². The van der Waals surface area contributed by atoms with Crippen LogP contribution in [0.5, 0.6) is 0 Å². The van der Waals surface area contributed by atoms with Gasteiger partial charge in [0.1, 0.15) is 5.70 Å². The number of carbonyl (C=O) groups is 1. The molecule has 20 heavy (non-hydrogen) atoms. The zero-order valence-corrected chi connectivity index (χ0v) is 10.1. The molecule has 1 aromatic rings. The van der Waals surface area contributed by atoms with Crippen LogP contribution in [0.3, 0.4) is 0 Å². The van der Waals surface area contributed by atoms with Crippen molar-refractivity contribution < 1.29 is 27.6 Å². The molecule has 1 rings (SSSR count). The molecule has 0 atom stereocenters. The number of nitro groups is 1. The van der Waals surface area contributed by atoms with E-state index in [1.165, 1.54) is 0 Å². The number of nitrogens with zero attached hydrogens (tertiary/aromatic N) is 1. The highest BCUT2D eigenvalue weighted by Gasteiger charge is 2.35. The maximum Gasteiger partial charge on any atom is 0.431 e. The third-order valence-electron chi connectivity index (χ3n) is 2.13. The van der Waals surface area contributed by atoms with Gasteiger partial charge in [0, 0.05) is 17.8 Å². The van der Waals surface area contributed by atoms with Gasteiger partial charge >= 0.3 is 12.1 Å². The van der Waals surface area contributed by atoms with Gasteiger partial charge in [-0.1, -0.05) is 0 Å². The van der Waals surface area contributed by atoms with E-state index in [-0.39, 0.29) is 17.5 Å². The lowest BCUT2D eigenvalue weighted by Gasteiger charge is -2.13. The smallest absolute Gasteiger partial charge is 0.431 e. The fourth-order valence-electron chi connectivity index (χ4n) is 1.19. The Labute approximate surface area is 111 Å². The van der Waals surface area contributed by atoms with Gasteiger partial charge in [0.05, 0.1) is 18.1 Å². The molecule has 1 aromatic carbocycles. The Hall–Kier alpha value is -2.58. The molecule has 0 aliphatic carbocycles. The average Bonchev–Trinajstić information content (AvgIpc) is 2.37. The first-order valence-electron chi connectivity index (χ1n) is 5.12. The molecule has 0 aliphatic rings. The van der Waals surface area contributed by atoms with Crippen molar-refractivity contribution in [1.82, 2.24) is 0 Å². The number of methoxy groups -OCH3 is 1. The Bertz CT molecular complexity index is 538. The third-order valence-corrected chi connectivity index (χ3v) is 2.13. The molecule has 0 saturated carbocycles. The summed E-state index contributed by atoms with van der Waals surface area (Å²) in [7, 11) is 0.943. The van der Waals surface area contributed by atoms with Crippen LogP contribution in [0.1, 0.15) is 0 Å². The number of carbonyl (C=O) groups excluding carboxylic acids is 1. The molecule has 0 radical (unpaired) electrons. The number of ether oxygens (including phenoxy) is 1. The van der Waals surface area contributed by atoms with Crippen molar-refractivity contribution in [3.63, 3.8) is 0 Å². The van der Waals surface area contributed by atoms with E-state index in [0.717, 1.165) is 31.4 Å². The highest BCUT2D eigenvalue weighted by Crippen LogP contribution is 2.27. The molecule has 1 N–H and O–H groups in total. The first kappa shape index (κ1) is 15.5. The Balaban J connectivity index is 2.99. The van der Waals surface area contributed by atoms with E-state index in [0.29, 0.717) is 0 Å². The Morgan fingerprint density at radius 2 is 1.90 bits per heavy atom. The van der Waals surface area contributed by atoms with E-state index in [1.807, 2.05) is 5.32 Å². The minimum atomic E-state index is -4.80. The van der Waals surface area contributed by atoms with Gasteiger partial charge in [-0.15, -0.1) is 0 Å². The van der Waals surface area contributed by atoms with Crippen molar-refractivity contribution >= 4 is 17.3 Å². The van der Waals surface area contributed by atoms with Crippen molar-refractivity contribution in [2.24, 2.45) is 0 Å². The number of anilines is 1. The molecule has 108 valence electrons. The molecule has 0 fully saturated rings. The molecule has 0 aromatic heterocycles. The standard InChI is InChI=1S/C11H9F3N2O4/c1-20-10(17)6-9(11(12,13)14)15-7-2-4-8(5-3-7)16(18)19/h2-6,15H,1H3/b9-6+. The summed E-state index contributed by atoms with van der Waals surface area (Å²) in [5.74, 6) is -1.17. The average molecular weight is 290 g/mol. The number of rotatable bonds is 4. The van der Waals surface area contributed by atoms with Gasteiger partial charge in [0.25, 0.3) is 5.69 Å². The van der Waals surface area contributed by atoms with E-state index in [1.54, 1.807) is 0 Å². The molecule has 6 nitrogen and oxygen atoms in total. The summed E-state index contributed by atoms with van der Waals surface area (Å²) in [6.07, 6.45) is -4.54. The maximum atomic E-state index is 12.7. The number of hydrogen-bond acceptors (Lipinski definition) is 5. The Kier molecular flexibility index (Phi) is 4.68. The predicted molar refractivity (Wildman–Crippen MR) is 62.9 cm³/mol. The number of non-ortho nitro benzene ring substituents is 1. The lowest BCUT2D eigenvalue weighted by atomic mass is 10.2. The maximum absolute atomic E-state index is 12.7. The summed E-state index contributed by atoms with van der Waals surface area (Å²) in [5.41, 5.74) is -1.65. The van der Waals surface area contributed by atoms with Gasteiger partial charge in [-0.05, 0) is 12.1 Å². The van der Waals surface area contributed by atoms with Crippen LogP contribution in [-0.4, -0.2) is 24.2 Å². The number of alkyl halides is 3. The number of esters is 1. The molecule has 0 aliphatic heterocycles. The van der Waals surface area contributed by atoms with Gasteiger partial charge in [-0.2, -0.15) is 13.2 Å². The molecule has 9 heteroatoms. The lowest BCUT2D eigenvalue weighted by molar-refractivity contribution is -0.384. The van der Waals surface area contributed by atoms with E-state index >= 15 is 0 Å². The van der Waals surface area contributed by atoms with Gasteiger partial charge in [0.2, 0.25) is 0 Å². The molecule has 0 bridgehead atoms. The number of halogens is 3. The van der Waals surface area contributed by atoms with Crippen molar-refractivity contribution in [3.05, 3.63) is 46.2 Å². The molecule has 0 heterocycles. The first-order valence-corrected chi connectivity index (χ1v) is 5.12. The van der Waals surface area contributed by atoms with Crippen LogP contribution in [0.25, 0.3) is 0 Å². The SMILES string of the molecule is COC(=O)/C=C(/Nc1ccc([N+](=O)[O-])cc1)C(F)(F)F. The zero-order valence-electron chi connectivity index (χ0n) is 10.1. The van der Waals surface area contributed by atoms with Gasteiger partial charge in [-0.25, -0.2) is 4.79 Å². The van der Waals surface area contributed by atoms with Crippen molar-refractivity contribution in [3.8, 4) is 0 Å². The molecular weight excluding hydrogens is 281 g/mol. The molecular formula is C11H9F3N2O4. The largest absolute Gasteiger partial charge is 0.466 e. The first-order chi connectivity index (χ1) is 9.24. The number of nitro benzene ring substituents is 1. The van der Waals surface area contributed by atoms with Crippen LogP contribution < -0.4 is 5.32 Å². The summed E-state index contributed by atoms with van der Waals surface area (Å²) < 4.78 is 42.1. The Morgan fingerprint density at radius 1 is 1.35 bits per heavy atom. The van der Waals surface area contributed by atoms with Crippen molar-refractivity contribution in [2.75, 3.05) is 12.4 Å². The molecule has 0 unspecified atom stereocenters. The summed E-state index contributed by atoms with van der Waals surface area (Å²) in [6, 6.07) is 4.26. The summed E-state index contributed by atoms with van der Waals surface area (Å²) in [4.78, 5) is 20.6. The predicted octanol–water partition coefficient (Wildman–Crippen LogP) is 2.63. The highest BCUT2D eigenvalue weighted by atomic mass is 19.4. The van der Waals surface area contributed by atoms with Gasteiger partial charge in [0.15, 0.2) is 0 Å². The normalized spacial score (nSPS) is 11.9. The fourth-order valence-corrected chi connectivity index (χ4v) is 1.19. The summed E-state index contributed by atoms with van der Waals surface area (Å²) in [5, 5.41) is 12.4. The monoisotopic (exact) mass is 290 g/mol. The van der Waals surface area contributed by atoms with E-state index in [4.69, 9.17) is 0 Å². The second kappa shape index (κ2) is 6.04. The fraction of sp³-hybridized carbons (Fsp3) is 0.182. The second-order valence-electron chi connectivity index (χ2n) is 3.51. The lowest BCUT2D eigenvalue weighted by Crippen LogP contribution is -2.20. The molecule has 0 spiro atoms. The minimum absolute atomic E-state index is 0.0527. The topological polar surface area (TPSA) is 81.5 Å². The van der Waals surface area contributed by atoms with E-state index in [9.17, 15) is 28.1 Å². The number of allylic oxidation sites excluding steroid dienone is 1. The van der Waals surface area contributed by atoms with Crippen LogP contribution in [0.4, 0.5) is 24.5 Å². The van der Waals surface area contributed by atoms with Crippen molar-refractivity contribution in [2.45, 2.75) is 6.18 Å². The molecule has 0 saturated heterocycles. The van der Waals surface area contributed by atoms with Crippen LogP contribution in [-0.2, 0) is 9.53 Å². The van der Waals surface area contributed by atoms with E-state index in [2.05, 4.69) is 4.74 Å².